The molecule has 0 aromatic heterocycles. The zero-order valence-corrected chi connectivity index (χ0v) is 17.2. The van der Waals surface area contributed by atoms with Crippen LogP contribution in [0.15, 0.2) is 48.5 Å². The molecule has 0 saturated carbocycles. The Hall–Kier alpha value is -2.73. The van der Waals surface area contributed by atoms with E-state index in [0.29, 0.717) is 19.5 Å². The summed E-state index contributed by atoms with van der Waals surface area (Å²) < 4.78 is 10.7. The number of carbonyl (C=O) groups is 1. The molecule has 0 amide bonds. The van der Waals surface area contributed by atoms with Gasteiger partial charge < -0.3 is 46.1 Å². The number of rotatable bonds is 9. The van der Waals surface area contributed by atoms with E-state index in [0.717, 1.165) is 11.1 Å². The van der Waals surface area contributed by atoms with Gasteiger partial charge in [-0.15, -0.1) is 0 Å². The molecule has 0 aliphatic carbocycles. The Morgan fingerprint density at radius 2 is 1.81 bits per heavy atom. The van der Waals surface area contributed by atoms with Gasteiger partial charge in [0, 0.05) is 6.54 Å². The Kier molecular flexibility index (Phi) is 8.02. The first-order valence-electron chi connectivity index (χ1n) is 10.2. The van der Waals surface area contributed by atoms with Crippen LogP contribution >= 0.6 is 0 Å². The lowest BCUT2D eigenvalue weighted by atomic mass is 9.99. The van der Waals surface area contributed by atoms with Gasteiger partial charge in [0.05, 0.1) is 11.8 Å². The average Bonchev–Trinajstić information content (AvgIpc) is 2.79. The number of hydrogen-bond acceptors (Lipinski definition) is 9. The number of nitrogen functional groups attached to an aromatic ring is 1. The third kappa shape index (κ3) is 5.74. The first-order valence-corrected chi connectivity index (χ1v) is 10.2. The standard InChI is InChI=1S/C22H28N2O8/c23-14-7-6-12(8-9-24-11-15(25)13-4-2-1-3-5-13)10-16(14)31-22-19(28)17(26)18(27)20(32-22)21(29)30/h1-7,10,15,17-20,22,24-28H,8-9,11,23H2,(H,29,30)/t15-,17-,18-,19+,20-,22+/m0/s1. The van der Waals surface area contributed by atoms with E-state index >= 15 is 0 Å². The van der Waals surface area contributed by atoms with Crippen molar-refractivity contribution in [1.29, 1.82) is 0 Å². The van der Waals surface area contributed by atoms with E-state index in [-0.39, 0.29) is 11.4 Å². The summed E-state index contributed by atoms with van der Waals surface area (Å²) in [4.78, 5) is 11.2. The lowest BCUT2D eigenvalue weighted by molar-refractivity contribution is -0.271. The van der Waals surface area contributed by atoms with E-state index in [9.17, 15) is 25.2 Å². The van der Waals surface area contributed by atoms with Crippen LogP contribution in [-0.2, 0) is 16.0 Å². The quantitative estimate of drug-likeness (QED) is 0.194. The maximum atomic E-state index is 11.2. The van der Waals surface area contributed by atoms with Crippen LogP contribution in [0.4, 0.5) is 5.69 Å². The first-order chi connectivity index (χ1) is 15.3. The Morgan fingerprint density at radius 3 is 2.50 bits per heavy atom. The lowest BCUT2D eigenvalue weighted by Crippen LogP contribution is -2.61. The molecule has 0 unspecified atom stereocenters. The van der Waals surface area contributed by atoms with Gasteiger partial charge in [0.1, 0.15) is 24.1 Å². The number of anilines is 1. The van der Waals surface area contributed by atoms with Crippen LogP contribution in [-0.4, -0.2) is 75.3 Å². The summed E-state index contributed by atoms with van der Waals surface area (Å²) in [6.45, 7) is 0.934. The molecule has 2 aromatic rings. The molecule has 3 rings (SSSR count). The van der Waals surface area contributed by atoms with Crippen LogP contribution < -0.4 is 15.8 Å². The Morgan fingerprint density at radius 1 is 1.09 bits per heavy atom. The van der Waals surface area contributed by atoms with E-state index in [2.05, 4.69) is 5.32 Å². The molecule has 0 bridgehead atoms. The SMILES string of the molecule is Nc1ccc(CCNC[C@H](O)c2ccccc2)cc1O[C@@H]1O[C@H](C(=O)O)[C@@H](O)[C@H](O)[C@H]1O. The van der Waals surface area contributed by atoms with Gasteiger partial charge in [0.2, 0.25) is 6.29 Å². The molecule has 10 nitrogen and oxygen atoms in total. The Labute approximate surface area is 184 Å². The number of hydrogen-bond donors (Lipinski definition) is 7. The molecule has 10 heteroatoms. The van der Waals surface area contributed by atoms with Gasteiger partial charge in [-0.2, -0.15) is 0 Å². The van der Waals surface area contributed by atoms with E-state index in [1.54, 1.807) is 18.2 Å². The molecule has 0 radical (unpaired) electrons. The van der Waals surface area contributed by atoms with Crippen molar-refractivity contribution in [1.82, 2.24) is 5.32 Å². The second-order valence-corrected chi connectivity index (χ2v) is 7.61. The van der Waals surface area contributed by atoms with Gasteiger partial charge in [-0.1, -0.05) is 36.4 Å². The predicted octanol–water partition coefficient (Wildman–Crippen LogP) is -0.594. The number of ether oxygens (including phenoxy) is 2. The summed E-state index contributed by atoms with van der Waals surface area (Å²) in [5.74, 6) is -1.36. The number of nitrogens with one attached hydrogen (secondary N) is 1. The van der Waals surface area contributed by atoms with Crippen molar-refractivity contribution in [3.05, 3.63) is 59.7 Å². The second-order valence-electron chi connectivity index (χ2n) is 7.61. The summed E-state index contributed by atoms with van der Waals surface area (Å²) in [6, 6.07) is 14.3. The maximum absolute atomic E-state index is 11.2. The number of benzene rings is 2. The van der Waals surface area contributed by atoms with Crippen molar-refractivity contribution >= 4 is 11.7 Å². The van der Waals surface area contributed by atoms with Crippen LogP contribution in [0, 0.1) is 0 Å². The molecule has 1 heterocycles. The van der Waals surface area contributed by atoms with Crippen molar-refractivity contribution in [2.75, 3.05) is 18.8 Å². The molecular weight excluding hydrogens is 420 g/mol. The zero-order valence-electron chi connectivity index (χ0n) is 17.2. The van der Waals surface area contributed by atoms with Crippen LogP contribution in [0.2, 0.25) is 0 Å². The molecule has 1 aliphatic heterocycles. The number of aliphatic hydroxyl groups excluding tert-OH is 4. The summed E-state index contributed by atoms with van der Waals surface area (Å²) in [5, 5.41) is 52.3. The van der Waals surface area contributed by atoms with E-state index in [1.165, 1.54) is 0 Å². The molecule has 8 N–H and O–H groups in total. The smallest absolute Gasteiger partial charge is 0.335 e. The van der Waals surface area contributed by atoms with Crippen molar-refractivity contribution < 1.29 is 39.8 Å². The minimum Gasteiger partial charge on any atom is -0.479 e. The predicted molar refractivity (Wildman–Crippen MR) is 114 cm³/mol. The van der Waals surface area contributed by atoms with Crippen molar-refractivity contribution in [3.63, 3.8) is 0 Å². The highest BCUT2D eigenvalue weighted by atomic mass is 16.7. The number of nitrogens with two attached hydrogens (primary N) is 1. The van der Waals surface area contributed by atoms with Crippen LogP contribution in [0.1, 0.15) is 17.2 Å². The van der Waals surface area contributed by atoms with Crippen LogP contribution in [0.5, 0.6) is 5.75 Å². The van der Waals surface area contributed by atoms with Gasteiger partial charge in [0.15, 0.2) is 6.10 Å². The molecular formula is C22H28N2O8. The third-order valence-electron chi connectivity index (χ3n) is 5.25. The molecule has 6 atom stereocenters. The summed E-state index contributed by atoms with van der Waals surface area (Å²) in [5.41, 5.74) is 7.81. The van der Waals surface area contributed by atoms with Gasteiger partial charge in [0.25, 0.3) is 0 Å². The first kappa shape index (κ1) is 23.9. The van der Waals surface area contributed by atoms with E-state index < -0.39 is 42.8 Å². The fraction of sp³-hybridized carbons (Fsp3) is 0.409. The summed E-state index contributed by atoms with van der Waals surface area (Å²) in [7, 11) is 0. The zero-order chi connectivity index (χ0) is 23.3. The van der Waals surface area contributed by atoms with E-state index in [1.807, 2.05) is 30.3 Å². The van der Waals surface area contributed by atoms with Crippen molar-refractivity contribution in [2.45, 2.75) is 43.2 Å². The fourth-order valence-electron chi connectivity index (χ4n) is 3.38. The third-order valence-corrected chi connectivity index (χ3v) is 5.25. The average molecular weight is 448 g/mol. The lowest BCUT2D eigenvalue weighted by Gasteiger charge is -2.38. The highest BCUT2D eigenvalue weighted by molar-refractivity contribution is 5.73. The highest BCUT2D eigenvalue weighted by Gasteiger charge is 2.48. The van der Waals surface area contributed by atoms with Gasteiger partial charge in [-0.3, -0.25) is 0 Å². The molecule has 2 aromatic carbocycles. The Balaban J connectivity index is 1.57. The minimum atomic E-state index is -1.80. The number of carboxylic acid groups (broad SMARTS) is 1. The van der Waals surface area contributed by atoms with Crippen LogP contribution in [0.25, 0.3) is 0 Å². The number of aliphatic carboxylic acids is 1. The topological polar surface area (TPSA) is 175 Å². The molecule has 32 heavy (non-hydrogen) atoms. The molecule has 0 spiro atoms. The summed E-state index contributed by atoms with van der Waals surface area (Å²) in [6.07, 6.45) is -8.59. The van der Waals surface area contributed by atoms with Crippen molar-refractivity contribution in [2.24, 2.45) is 0 Å². The molecule has 1 fully saturated rings. The van der Waals surface area contributed by atoms with Gasteiger partial charge >= 0.3 is 5.97 Å². The van der Waals surface area contributed by atoms with Crippen molar-refractivity contribution in [3.8, 4) is 5.75 Å². The molecule has 174 valence electrons. The number of carboxylic acids is 1. The number of aliphatic hydroxyl groups is 4. The molecule has 1 saturated heterocycles. The van der Waals surface area contributed by atoms with Gasteiger partial charge in [-0.25, -0.2) is 4.79 Å². The van der Waals surface area contributed by atoms with E-state index in [4.69, 9.17) is 20.3 Å². The highest BCUT2D eigenvalue weighted by Crippen LogP contribution is 2.29. The summed E-state index contributed by atoms with van der Waals surface area (Å²) >= 11 is 0. The Bertz CT molecular complexity index is 897. The van der Waals surface area contributed by atoms with Gasteiger partial charge in [-0.05, 0) is 36.2 Å². The fourth-order valence-corrected chi connectivity index (χ4v) is 3.38. The maximum Gasteiger partial charge on any atom is 0.335 e. The second kappa shape index (κ2) is 10.7. The minimum absolute atomic E-state index is 0.142. The normalized spacial score (nSPS) is 26.4. The van der Waals surface area contributed by atoms with Crippen LogP contribution in [0.3, 0.4) is 0 Å². The monoisotopic (exact) mass is 448 g/mol. The largest absolute Gasteiger partial charge is 0.479 e. The molecule has 1 aliphatic rings.